The van der Waals surface area contributed by atoms with Crippen LogP contribution in [0.5, 0.6) is 0 Å². The van der Waals surface area contributed by atoms with Gasteiger partial charge in [0.1, 0.15) is 0 Å². The Bertz CT molecular complexity index is 365. The topological polar surface area (TPSA) is 52.0 Å². The van der Waals surface area contributed by atoms with Gasteiger partial charge in [0.25, 0.3) is 0 Å². The van der Waals surface area contributed by atoms with Crippen LogP contribution in [0.25, 0.3) is 0 Å². The van der Waals surface area contributed by atoms with Crippen LogP contribution in [0, 0.1) is 0 Å². The predicted octanol–water partition coefficient (Wildman–Crippen LogP) is 1.81. The van der Waals surface area contributed by atoms with E-state index >= 15 is 0 Å². The van der Waals surface area contributed by atoms with Crippen LogP contribution in [0.4, 0.5) is 0 Å². The van der Waals surface area contributed by atoms with Crippen molar-refractivity contribution >= 4 is 0 Å². The molecular formula is C13H24N4O. The number of aromatic nitrogens is 3. The number of hydrogen-bond acceptors (Lipinski definition) is 4. The number of nitrogens with one attached hydrogen (secondary N) is 1. The molecule has 1 aromatic rings. The van der Waals surface area contributed by atoms with Crippen molar-refractivity contribution in [3.05, 3.63) is 11.9 Å². The average Bonchev–Trinajstić information content (AvgIpc) is 2.78. The van der Waals surface area contributed by atoms with E-state index in [9.17, 15) is 0 Å². The first-order valence-corrected chi connectivity index (χ1v) is 6.89. The van der Waals surface area contributed by atoms with Crippen molar-refractivity contribution < 1.29 is 4.74 Å². The van der Waals surface area contributed by atoms with Gasteiger partial charge >= 0.3 is 0 Å². The molecule has 5 nitrogen and oxygen atoms in total. The van der Waals surface area contributed by atoms with Gasteiger partial charge < -0.3 is 10.1 Å². The van der Waals surface area contributed by atoms with Crippen molar-refractivity contribution in [1.29, 1.82) is 0 Å². The highest BCUT2D eigenvalue weighted by Gasteiger charge is 2.42. The molecule has 1 atom stereocenters. The monoisotopic (exact) mass is 252 g/mol. The first kappa shape index (κ1) is 13.5. The lowest BCUT2D eigenvalue weighted by atomic mass is 9.78. The second-order valence-corrected chi connectivity index (χ2v) is 5.06. The summed E-state index contributed by atoms with van der Waals surface area (Å²) in [7, 11) is 3.93. The maximum absolute atomic E-state index is 6.17. The number of hydrogen-bond donors (Lipinski definition) is 1. The largest absolute Gasteiger partial charge is 0.373 e. The Morgan fingerprint density at radius 1 is 1.44 bits per heavy atom. The predicted molar refractivity (Wildman–Crippen MR) is 70.2 cm³/mol. The highest BCUT2D eigenvalue weighted by Crippen LogP contribution is 2.41. The van der Waals surface area contributed by atoms with Crippen LogP contribution in [0.1, 0.15) is 50.8 Å². The van der Waals surface area contributed by atoms with Gasteiger partial charge in [0.2, 0.25) is 0 Å². The molecule has 0 bridgehead atoms. The van der Waals surface area contributed by atoms with Crippen LogP contribution in [0.2, 0.25) is 0 Å². The smallest absolute Gasteiger partial charge is 0.0891 e. The van der Waals surface area contributed by atoms with Gasteiger partial charge in [-0.05, 0) is 26.8 Å². The van der Waals surface area contributed by atoms with Crippen molar-refractivity contribution in [1.82, 2.24) is 20.3 Å². The molecule has 2 rings (SSSR count). The number of ether oxygens (including phenoxy) is 1. The number of aryl methyl sites for hydroxylation is 1. The van der Waals surface area contributed by atoms with Crippen molar-refractivity contribution in [2.75, 3.05) is 13.7 Å². The quantitative estimate of drug-likeness (QED) is 0.868. The van der Waals surface area contributed by atoms with E-state index in [1.54, 1.807) is 0 Å². The third-order valence-corrected chi connectivity index (χ3v) is 3.99. The number of likely N-dealkylation sites (N-methyl/N-ethyl adjacent to an activating group) is 1. The summed E-state index contributed by atoms with van der Waals surface area (Å²) in [6, 6.07) is 0.165. The lowest BCUT2D eigenvalue weighted by Crippen LogP contribution is -2.47. The zero-order chi connectivity index (χ0) is 13.0. The van der Waals surface area contributed by atoms with Crippen molar-refractivity contribution in [3.8, 4) is 0 Å². The summed E-state index contributed by atoms with van der Waals surface area (Å²) in [5, 5.41) is 11.5. The van der Waals surface area contributed by atoms with Crippen LogP contribution < -0.4 is 5.32 Å². The van der Waals surface area contributed by atoms with Crippen molar-refractivity contribution in [3.63, 3.8) is 0 Å². The minimum absolute atomic E-state index is 0.1000. The summed E-state index contributed by atoms with van der Waals surface area (Å²) < 4.78 is 8.01. The molecule has 0 aliphatic heterocycles. The molecule has 1 fully saturated rings. The second kappa shape index (κ2) is 5.80. The van der Waals surface area contributed by atoms with Gasteiger partial charge in [-0.25, -0.2) is 0 Å². The molecule has 0 aromatic carbocycles. The molecule has 1 unspecified atom stereocenters. The molecule has 1 aliphatic rings. The third kappa shape index (κ3) is 2.42. The summed E-state index contributed by atoms with van der Waals surface area (Å²) in [6.07, 6.45) is 7.85. The molecule has 0 spiro atoms. The Morgan fingerprint density at radius 2 is 2.17 bits per heavy atom. The van der Waals surface area contributed by atoms with Gasteiger partial charge in [0.15, 0.2) is 0 Å². The average molecular weight is 252 g/mol. The van der Waals surface area contributed by atoms with E-state index in [0.29, 0.717) is 0 Å². The van der Waals surface area contributed by atoms with Gasteiger partial charge in [-0.3, -0.25) is 4.68 Å². The Kier molecular flexibility index (Phi) is 4.35. The van der Waals surface area contributed by atoms with E-state index in [-0.39, 0.29) is 11.6 Å². The highest BCUT2D eigenvalue weighted by molar-refractivity contribution is 5.11. The van der Waals surface area contributed by atoms with Crippen molar-refractivity contribution in [2.24, 2.45) is 7.05 Å². The molecule has 1 heterocycles. The molecule has 1 saturated carbocycles. The van der Waals surface area contributed by atoms with E-state index in [1.807, 2.05) is 25.0 Å². The van der Waals surface area contributed by atoms with Gasteiger partial charge in [0.05, 0.1) is 23.5 Å². The Hall–Kier alpha value is -0.940. The van der Waals surface area contributed by atoms with E-state index in [0.717, 1.165) is 25.1 Å². The highest BCUT2D eigenvalue weighted by atomic mass is 16.5. The Labute approximate surface area is 109 Å². The molecule has 1 aliphatic carbocycles. The molecule has 0 saturated heterocycles. The molecule has 102 valence electrons. The van der Waals surface area contributed by atoms with Gasteiger partial charge in [-0.2, -0.15) is 0 Å². The third-order valence-electron chi connectivity index (χ3n) is 3.99. The zero-order valence-electron chi connectivity index (χ0n) is 11.6. The summed E-state index contributed by atoms with van der Waals surface area (Å²) in [4.78, 5) is 0. The molecule has 18 heavy (non-hydrogen) atoms. The molecule has 0 radical (unpaired) electrons. The van der Waals surface area contributed by atoms with E-state index < -0.39 is 0 Å². The van der Waals surface area contributed by atoms with Gasteiger partial charge in [-0.15, -0.1) is 5.10 Å². The minimum Gasteiger partial charge on any atom is -0.373 e. The molecule has 0 amide bonds. The summed E-state index contributed by atoms with van der Waals surface area (Å²) in [5.74, 6) is 0. The van der Waals surface area contributed by atoms with Crippen molar-refractivity contribution in [2.45, 2.75) is 50.7 Å². The van der Waals surface area contributed by atoms with Crippen LogP contribution in [-0.2, 0) is 11.8 Å². The number of rotatable bonds is 5. The molecule has 1 aromatic heterocycles. The van der Waals surface area contributed by atoms with Crippen LogP contribution >= 0.6 is 0 Å². The number of nitrogens with zero attached hydrogens (tertiary/aromatic N) is 3. The van der Waals surface area contributed by atoms with E-state index in [2.05, 4.69) is 22.6 Å². The van der Waals surface area contributed by atoms with Crippen LogP contribution in [0.15, 0.2) is 6.20 Å². The maximum atomic E-state index is 6.17. The molecular weight excluding hydrogens is 228 g/mol. The van der Waals surface area contributed by atoms with Crippen LogP contribution in [0.3, 0.4) is 0 Å². The summed E-state index contributed by atoms with van der Waals surface area (Å²) in [5.41, 5.74) is 1.00. The van der Waals surface area contributed by atoms with Gasteiger partial charge in [0, 0.05) is 13.7 Å². The lowest BCUT2D eigenvalue weighted by molar-refractivity contribution is -0.0913. The lowest BCUT2D eigenvalue weighted by Gasteiger charge is -2.43. The molecule has 5 heteroatoms. The fraction of sp³-hybridized carbons (Fsp3) is 0.846. The summed E-state index contributed by atoms with van der Waals surface area (Å²) >= 11 is 0. The second-order valence-electron chi connectivity index (χ2n) is 5.06. The normalized spacial score (nSPS) is 20.8. The first-order valence-electron chi connectivity index (χ1n) is 6.89. The standard InChI is InChI=1S/C13H24N4O/c1-4-18-13(8-6-5-7-9-13)12(14-2)11-10-15-16-17(11)3/h10,12,14H,4-9H2,1-3H3. The Morgan fingerprint density at radius 3 is 2.67 bits per heavy atom. The SMILES string of the molecule is CCOC1(C(NC)c2cnnn2C)CCCCC1. The maximum Gasteiger partial charge on any atom is 0.0891 e. The zero-order valence-corrected chi connectivity index (χ0v) is 11.6. The Balaban J connectivity index is 2.29. The van der Waals surface area contributed by atoms with Crippen LogP contribution in [-0.4, -0.2) is 34.2 Å². The molecule has 1 N–H and O–H groups in total. The van der Waals surface area contributed by atoms with E-state index in [4.69, 9.17) is 4.74 Å². The fourth-order valence-corrected chi connectivity index (χ4v) is 3.19. The first-order chi connectivity index (χ1) is 8.73. The van der Waals surface area contributed by atoms with Gasteiger partial charge in [-0.1, -0.05) is 24.5 Å². The fourth-order valence-electron chi connectivity index (χ4n) is 3.19. The summed E-state index contributed by atoms with van der Waals surface area (Å²) in [6.45, 7) is 2.83. The van der Waals surface area contributed by atoms with E-state index in [1.165, 1.54) is 19.3 Å². The minimum atomic E-state index is -0.1000.